The second kappa shape index (κ2) is 7.35. The predicted molar refractivity (Wildman–Crippen MR) is 101 cm³/mol. The van der Waals surface area contributed by atoms with Crippen LogP contribution >= 0.6 is 11.6 Å². The zero-order chi connectivity index (χ0) is 19.8. The smallest absolute Gasteiger partial charge is 0.527 e. The van der Waals surface area contributed by atoms with Gasteiger partial charge in [0.15, 0.2) is 5.82 Å². The van der Waals surface area contributed by atoms with Crippen molar-refractivity contribution in [3.63, 3.8) is 0 Å². The van der Waals surface area contributed by atoms with E-state index in [1.165, 1.54) is 6.20 Å². The van der Waals surface area contributed by atoms with Gasteiger partial charge in [0.1, 0.15) is 11.3 Å². The highest BCUT2D eigenvalue weighted by Crippen LogP contribution is 2.37. The minimum Gasteiger partial charge on any atom is -0.536 e. The maximum atomic E-state index is 11.9. The molecule has 0 saturated carbocycles. The topological polar surface area (TPSA) is 135 Å². The van der Waals surface area contributed by atoms with Crippen LogP contribution in [0.2, 0.25) is 5.02 Å². The van der Waals surface area contributed by atoms with Gasteiger partial charge in [0.25, 0.3) is 5.91 Å². The first kappa shape index (κ1) is 18.6. The fraction of sp³-hybridized carbons (Fsp3) is 0.353. The van der Waals surface area contributed by atoms with E-state index in [1.807, 2.05) is 0 Å². The zero-order valence-electron chi connectivity index (χ0n) is 14.8. The van der Waals surface area contributed by atoms with Gasteiger partial charge in [-0.25, -0.2) is 0 Å². The Kier molecular flexibility index (Phi) is 4.89. The van der Waals surface area contributed by atoms with Crippen molar-refractivity contribution in [3.8, 4) is 11.8 Å². The number of anilines is 2. The van der Waals surface area contributed by atoms with E-state index in [2.05, 4.69) is 16.5 Å². The van der Waals surface area contributed by atoms with Crippen LogP contribution in [0.15, 0.2) is 18.3 Å². The molecule has 3 heterocycles. The molecule has 9 nitrogen and oxygen atoms in total. The van der Waals surface area contributed by atoms with Crippen LogP contribution in [0.4, 0.5) is 11.5 Å². The summed E-state index contributed by atoms with van der Waals surface area (Å²) in [5.74, 6) is -0.221. The van der Waals surface area contributed by atoms with Crippen molar-refractivity contribution in [2.24, 2.45) is 11.7 Å². The minimum absolute atomic E-state index is 0.180. The van der Waals surface area contributed by atoms with Crippen molar-refractivity contribution >= 4 is 36.1 Å². The molecular formula is C17H17BClN5O4. The van der Waals surface area contributed by atoms with E-state index in [4.69, 9.17) is 26.7 Å². The first-order chi connectivity index (χ1) is 13.5. The lowest BCUT2D eigenvalue weighted by Gasteiger charge is -2.26. The molecule has 1 amide bonds. The van der Waals surface area contributed by atoms with Crippen LogP contribution in [0.25, 0.3) is 0 Å². The number of hydrogen-bond donors (Lipinski definition) is 3. The van der Waals surface area contributed by atoms with E-state index in [0.717, 1.165) is 5.56 Å². The number of nitriles is 1. The van der Waals surface area contributed by atoms with Gasteiger partial charge in [-0.3, -0.25) is 9.48 Å². The number of nitrogens with two attached hydrogens (primary N) is 1. The van der Waals surface area contributed by atoms with Crippen LogP contribution < -0.4 is 15.7 Å². The standard InChI is InChI=1S/C17H17BClN5O4/c19-13-3-10(4-15-11(13)5-18(26)28-15)22-17-12(16(21)25)7-24(23-17)14-8-27-2-1-9(14)6-20/h3-4,7,9,14,26H,1-2,5,8H2,(H2,21,25)(H,22,23)/t9-,14+/m0/s1. The molecule has 0 aliphatic carbocycles. The molecule has 4 N–H and O–H groups in total. The van der Waals surface area contributed by atoms with Crippen molar-refractivity contribution in [1.82, 2.24) is 9.78 Å². The number of carbonyl (C=O) groups is 1. The normalized spacial score (nSPS) is 21.0. The maximum Gasteiger partial charge on any atom is 0.527 e. The molecule has 0 bridgehead atoms. The highest BCUT2D eigenvalue weighted by Gasteiger charge is 2.31. The van der Waals surface area contributed by atoms with Gasteiger partial charge in [0.05, 0.1) is 24.6 Å². The second-order valence-corrected chi connectivity index (χ2v) is 7.15. The Bertz CT molecular complexity index is 975. The molecule has 0 unspecified atom stereocenters. The summed E-state index contributed by atoms with van der Waals surface area (Å²) in [5.41, 5.74) is 6.93. The summed E-state index contributed by atoms with van der Waals surface area (Å²) in [6.45, 7) is 0.844. The molecule has 144 valence electrons. The summed E-state index contributed by atoms with van der Waals surface area (Å²) in [4.78, 5) is 11.9. The molecule has 2 aliphatic heterocycles. The lowest BCUT2D eigenvalue weighted by molar-refractivity contribution is 0.0342. The molecule has 1 aromatic heterocycles. The molecule has 2 aliphatic rings. The number of ether oxygens (including phenoxy) is 1. The third kappa shape index (κ3) is 3.40. The SMILES string of the molecule is N#C[C@@H]1CCOC[C@H]1n1cc(C(N)=O)c(Nc2cc(Cl)c3c(c2)OB(O)C3)n1. The van der Waals surface area contributed by atoms with E-state index in [1.54, 1.807) is 16.8 Å². The Labute approximate surface area is 166 Å². The van der Waals surface area contributed by atoms with Crippen molar-refractivity contribution in [2.75, 3.05) is 18.5 Å². The summed E-state index contributed by atoms with van der Waals surface area (Å²) in [7, 11) is -0.933. The molecule has 0 spiro atoms. The largest absolute Gasteiger partial charge is 0.536 e. The number of halogens is 1. The van der Waals surface area contributed by atoms with Crippen molar-refractivity contribution < 1.29 is 19.2 Å². The lowest BCUT2D eigenvalue weighted by Crippen LogP contribution is -2.29. The van der Waals surface area contributed by atoms with Crippen LogP contribution in [0.3, 0.4) is 0 Å². The van der Waals surface area contributed by atoms with Gasteiger partial charge in [-0.05, 0) is 12.5 Å². The fourth-order valence-corrected chi connectivity index (χ4v) is 3.74. The number of benzene rings is 1. The molecule has 1 aromatic carbocycles. The molecular weight excluding hydrogens is 384 g/mol. The molecule has 2 aromatic rings. The van der Waals surface area contributed by atoms with Gasteiger partial charge >= 0.3 is 7.12 Å². The third-order valence-corrected chi connectivity index (χ3v) is 5.23. The number of hydrogen-bond acceptors (Lipinski definition) is 7. The van der Waals surface area contributed by atoms with Crippen molar-refractivity contribution in [2.45, 2.75) is 18.8 Å². The van der Waals surface area contributed by atoms with E-state index < -0.39 is 13.0 Å². The number of aromatic nitrogens is 2. The maximum absolute atomic E-state index is 11.9. The Morgan fingerprint density at radius 1 is 1.54 bits per heavy atom. The average Bonchev–Trinajstić information content (AvgIpc) is 3.25. The highest BCUT2D eigenvalue weighted by molar-refractivity contribution is 6.46. The predicted octanol–water partition coefficient (Wildman–Crippen LogP) is 1.43. The van der Waals surface area contributed by atoms with Gasteiger partial charge < -0.3 is 25.5 Å². The highest BCUT2D eigenvalue weighted by atomic mass is 35.5. The molecule has 1 saturated heterocycles. The van der Waals surface area contributed by atoms with E-state index in [9.17, 15) is 15.1 Å². The number of carbonyl (C=O) groups excluding carboxylic acids is 1. The zero-order valence-corrected chi connectivity index (χ0v) is 15.5. The minimum atomic E-state index is -0.933. The Hall–Kier alpha value is -2.74. The van der Waals surface area contributed by atoms with Gasteiger partial charge in [-0.2, -0.15) is 10.4 Å². The second-order valence-electron chi connectivity index (χ2n) is 6.74. The molecule has 2 atom stereocenters. The third-order valence-electron chi connectivity index (χ3n) is 4.89. The average molecular weight is 402 g/mol. The van der Waals surface area contributed by atoms with Gasteiger partial charge in [-0.1, -0.05) is 11.6 Å². The molecule has 0 radical (unpaired) electrons. The monoisotopic (exact) mass is 401 g/mol. The van der Waals surface area contributed by atoms with Crippen LogP contribution in [-0.4, -0.2) is 41.0 Å². The quantitative estimate of drug-likeness (QED) is 0.659. The van der Waals surface area contributed by atoms with Gasteiger partial charge in [0.2, 0.25) is 0 Å². The van der Waals surface area contributed by atoms with Gasteiger partial charge in [-0.15, -0.1) is 0 Å². The lowest BCUT2D eigenvalue weighted by atomic mass is 9.85. The number of nitrogens with one attached hydrogen (secondary N) is 1. The Balaban J connectivity index is 1.66. The number of rotatable bonds is 4. The number of nitrogens with zero attached hydrogens (tertiary/aromatic N) is 3. The van der Waals surface area contributed by atoms with E-state index in [-0.39, 0.29) is 23.3 Å². The number of fused-ring (bicyclic) bond motifs is 1. The Morgan fingerprint density at radius 3 is 3.11 bits per heavy atom. The molecule has 28 heavy (non-hydrogen) atoms. The first-order valence-electron chi connectivity index (χ1n) is 8.76. The van der Waals surface area contributed by atoms with Crippen molar-refractivity contribution in [3.05, 3.63) is 34.5 Å². The van der Waals surface area contributed by atoms with Gasteiger partial charge in [0, 0.05) is 41.5 Å². The molecule has 4 rings (SSSR count). The summed E-state index contributed by atoms with van der Waals surface area (Å²) in [6, 6.07) is 5.28. The van der Waals surface area contributed by atoms with Crippen molar-refractivity contribution in [1.29, 1.82) is 5.26 Å². The van der Waals surface area contributed by atoms with E-state index >= 15 is 0 Å². The van der Waals surface area contributed by atoms with Crippen LogP contribution in [-0.2, 0) is 11.1 Å². The first-order valence-corrected chi connectivity index (χ1v) is 9.14. The van der Waals surface area contributed by atoms with E-state index in [0.29, 0.717) is 42.4 Å². The van der Waals surface area contributed by atoms with Crippen LogP contribution in [0.5, 0.6) is 5.75 Å². The summed E-state index contributed by atoms with van der Waals surface area (Å²) in [5, 5.41) is 26.9. The Morgan fingerprint density at radius 2 is 2.36 bits per heavy atom. The summed E-state index contributed by atoms with van der Waals surface area (Å²) >= 11 is 6.27. The van der Waals surface area contributed by atoms with Crippen LogP contribution in [0, 0.1) is 17.2 Å². The number of amides is 1. The van der Waals surface area contributed by atoms with Crippen LogP contribution in [0.1, 0.15) is 28.4 Å². The summed E-state index contributed by atoms with van der Waals surface area (Å²) < 4.78 is 12.3. The molecule has 1 fully saturated rings. The molecule has 11 heteroatoms. The summed E-state index contributed by atoms with van der Waals surface area (Å²) in [6.07, 6.45) is 2.42. The number of primary amides is 1. The fourth-order valence-electron chi connectivity index (χ4n) is 3.45.